The van der Waals surface area contributed by atoms with Crippen molar-refractivity contribution < 1.29 is 9.18 Å². The van der Waals surface area contributed by atoms with Crippen molar-refractivity contribution in [3.05, 3.63) is 47.1 Å². The molecule has 1 aliphatic heterocycles. The molecule has 6 heteroatoms. The Morgan fingerprint density at radius 1 is 1.15 bits per heavy atom. The number of nitrogens with zero attached hydrogens (tertiary/aromatic N) is 2. The van der Waals surface area contributed by atoms with E-state index < -0.39 is 0 Å². The molecule has 1 fully saturated rings. The van der Waals surface area contributed by atoms with E-state index >= 15 is 0 Å². The second-order valence-corrected chi connectivity index (χ2v) is 8.16. The van der Waals surface area contributed by atoms with Crippen molar-refractivity contribution in [3.63, 3.8) is 0 Å². The highest BCUT2D eigenvalue weighted by Crippen LogP contribution is 2.30. The molecule has 0 aliphatic carbocycles. The molecule has 2 atom stereocenters. The van der Waals surface area contributed by atoms with Crippen LogP contribution in [0.1, 0.15) is 18.7 Å². The van der Waals surface area contributed by atoms with Gasteiger partial charge in [-0.25, -0.2) is 4.39 Å². The standard InChI is InChI=1S/C20H26FN3OS/c1-14(15(2)22)20(25)24-11-9-23(10-12-24)13-16-7-8-19(26-16)17-5-3-4-6-18(17)21/h3-8,14-15H,9-13,22H2,1-2H3. The Hall–Kier alpha value is -1.76. The van der Waals surface area contributed by atoms with Gasteiger partial charge in [-0.05, 0) is 25.1 Å². The highest BCUT2D eigenvalue weighted by atomic mass is 32.1. The van der Waals surface area contributed by atoms with Gasteiger partial charge in [0.15, 0.2) is 0 Å². The number of halogens is 1. The van der Waals surface area contributed by atoms with Gasteiger partial charge in [-0.15, -0.1) is 11.3 Å². The molecule has 2 aromatic rings. The van der Waals surface area contributed by atoms with Gasteiger partial charge in [0, 0.05) is 54.1 Å². The normalized spacial score (nSPS) is 17.9. The number of thiophene rings is 1. The molecule has 0 bridgehead atoms. The molecular weight excluding hydrogens is 349 g/mol. The van der Waals surface area contributed by atoms with Gasteiger partial charge in [0.05, 0.1) is 5.92 Å². The average Bonchev–Trinajstić information content (AvgIpc) is 3.09. The molecule has 1 aromatic heterocycles. The average molecular weight is 376 g/mol. The van der Waals surface area contributed by atoms with E-state index in [-0.39, 0.29) is 23.7 Å². The number of hydrogen-bond acceptors (Lipinski definition) is 4. The van der Waals surface area contributed by atoms with Crippen LogP contribution < -0.4 is 5.73 Å². The predicted octanol–water partition coefficient (Wildman–Crippen LogP) is 3.18. The van der Waals surface area contributed by atoms with E-state index in [4.69, 9.17) is 5.73 Å². The summed E-state index contributed by atoms with van der Waals surface area (Å²) in [6.45, 7) is 7.79. The van der Waals surface area contributed by atoms with Crippen LogP contribution in [0.15, 0.2) is 36.4 Å². The molecule has 2 N–H and O–H groups in total. The maximum atomic E-state index is 13.9. The molecule has 4 nitrogen and oxygen atoms in total. The van der Waals surface area contributed by atoms with Crippen LogP contribution in [0.5, 0.6) is 0 Å². The van der Waals surface area contributed by atoms with Crippen LogP contribution in [0, 0.1) is 11.7 Å². The van der Waals surface area contributed by atoms with Crippen LogP contribution in [0.4, 0.5) is 4.39 Å². The number of nitrogens with two attached hydrogens (primary N) is 1. The van der Waals surface area contributed by atoms with Crippen LogP contribution in [-0.4, -0.2) is 47.9 Å². The zero-order valence-electron chi connectivity index (χ0n) is 15.3. The summed E-state index contributed by atoms with van der Waals surface area (Å²) >= 11 is 1.63. The van der Waals surface area contributed by atoms with Crippen molar-refractivity contribution in [1.82, 2.24) is 9.80 Å². The predicted molar refractivity (Wildman–Crippen MR) is 104 cm³/mol. The summed E-state index contributed by atoms with van der Waals surface area (Å²) in [5.74, 6) is -0.170. The van der Waals surface area contributed by atoms with Crippen LogP contribution in [0.25, 0.3) is 10.4 Å². The summed E-state index contributed by atoms with van der Waals surface area (Å²) in [5.41, 5.74) is 6.51. The summed E-state index contributed by atoms with van der Waals surface area (Å²) in [5, 5.41) is 0. The molecule has 26 heavy (non-hydrogen) atoms. The Morgan fingerprint density at radius 3 is 2.50 bits per heavy atom. The number of carbonyl (C=O) groups is 1. The lowest BCUT2D eigenvalue weighted by atomic mass is 10.0. The van der Waals surface area contributed by atoms with Crippen LogP contribution >= 0.6 is 11.3 Å². The van der Waals surface area contributed by atoms with Crippen molar-refractivity contribution in [2.75, 3.05) is 26.2 Å². The van der Waals surface area contributed by atoms with E-state index in [9.17, 15) is 9.18 Å². The molecule has 1 aliphatic rings. The fourth-order valence-corrected chi connectivity index (χ4v) is 4.21. The molecule has 2 unspecified atom stereocenters. The lowest BCUT2D eigenvalue weighted by molar-refractivity contribution is -0.137. The number of benzene rings is 1. The fraction of sp³-hybridized carbons (Fsp3) is 0.450. The van der Waals surface area contributed by atoms with E-state index in [2.05, 4.69) is 11.0 Å². The molecule has 0 saturated carbocycles. The number of rotatable bonds is 5. The van der Waals surface area contributed by atoms with Gasteiger partial charge in [-0.2, -0.15) is 0 Å². The molecule has 3 rings (SSSR count). The molecule has 0 radical (unpaired) electrons. The molecular formula is C20H26FN3OS. The summed E-state index contributed by atoms with van der Waals surface area (Å²) in [4.78, 5) is 18.8. The number of carbonyl (C=O) groups excluding carboxylic acids is 1. The Morgan fingerprint density at radius 2 is 1.85 bits per heavy atom. The van der Waals surface area contributed by atoms with Gasteiger partial charge >= 0.3 is 0 Å². The molecule has 1 aromatic carbocycles. The minimum Gasteiger partial charge on any atom is -0.340 e. The first kappa shape index (κ1) is 19.0. The molecule has 2 heterocycles. The van der Waals surface area contributed by atoms with E-state index in [1.165, 1.54) is 10.9 Å². The van der Waals surface area contributed by atoms with Crippen molar-refractivity contribution in [2.24, 2.45) is 11.7 Å². The third kappa shape index (κ3) is 4.31. The molecule has 1 saturated heterocycles. The second-order valence-electron chi connectivity index (χ2n) is 7.00. The Balaban J connectivity index is 1.56. The SMILES string of the molecule is CC(N)C(C)C(=O)N1CCN(Cc2ccc(-c3ccccc3F)s2)CC1. The van der Waals surface area contributed by atoms with Gasteiger partial charge in [0.1, 0.15) is 5.82 Å². The van der Waals surface area contributed by atoms with Crippen LogP contribution in [0.2, 0.25) is 0 Å². The fourth-order valence-electron chi connectivity index (χ4n) is 3.13. The number of piperazine rings is 1. The monoisotopic (exact) mass is 375 g/mol. The topological polar surface area (TPSA) is 49.6 Å². The minimum atomic E-state index is -0.184. The number of hydrogen-bond donors (Lipinski definition) is 1. The summed E-state index contributed by atoms with van der Waals surface area (Å²) in [6, 6.07) is 10.8. The first-order valence-corrected chi connectivity index (χ1v) is 9.87. The minimum absolute atomic E-state index is 0.122. The highest BCUT2D eigenvalue weighted by molar-refractivity contribution is 7.15. The van der Waals surface area contributed by atoms with Gasteiger partial charge in [0.2, 0.25) is 5.91 Å². The van der Waals surface area contributed by atoms with Gasteiger partial charge in [0.25, 0.3) is 0 Å². The van der Waals surface area contributed by atoms with Gasteiger partial charge in [-0.3, -0.25) is 9.69 Å². The van der Waals surface area contributed by atoms with E-state index in [0.717, 1.165) is 37.6 Å². The third-order valence-corrected chi connectivity index (χ3v) is 6.15. The summed E-state index contributed by atoms with van der Waals surface area (Å²) < 4.78 is 13.9. The zero-order chi connectivity index (χ0) is 18.7. The Bertz CT molecular complexity index is 753. The summed E-state index contributed by atoms with van der Waals surface area (Å²) in [6.07, 6.45) is 0. The van der Waals surface area contributed by atoms with Crippen molar-refractivity contribution in [3.8, 4) is 10.4 Å². The molecule has 140 valence electrons. The Labute approximate surface area is 158 Å². The van der Waals surface area contributed by atoms with Crippen LogP contribution in [0.3, 0.4) is 0 Å². The maximum Gasteiger partial charge on any atom is 0.227 e. The lowest BCUT2D eigenvalue weighted by Crippen LogP contribution is -2.51. The molecule has 1 amide bonds. The summed E-state index contributed by atoms with van der Waals surface area (Å²) in [7, 11) is 0. The lowest BCUT2D eigenvalue weighted by Gasteiger charge is -2.36. The van der Waals surface area contributed by atoms with Crippen LogP contribution in [-0.2, 0) is 11.3 Å². The maximum absolute atomic E-state index is 13.9. The van der Waals surface area contributed by atoms with Crippen molar-refractivity contribution in [2.45, 2.75) is 26.4 Å². The van der Waals surface area contributed by atoms with E-state index in [0.29, 0.717) is 5.56 Å². The molecule has 0 spiro atoms. The highest BCUT2D eigenvalue weighted by Gasteiger charge is 2.26. The Kier molecular flexibility index (Phi) is 6.06. The third-order valence-electron chi connectivity index (χ3n) is 5.04. The quantitative estimate of drug-likeness (QED) is 0.873. The van der Waals surface area contributed by atoms with Gasteiger partial charge < -0.3 is 10.6 Å². The number of amides is 1. The van der Waals surface area contributed by atoms with Crippen molar-refractivity contribution in [1.29, 1.82) is 0 Å². The van der Waals surface area contributed by atoms with Crippen molar-refractivity contribution >= 4 is 17.2 Å². The van der Waals surface area contributed by atoms with Gasteiger partial charge in [-0.1, -0.05) is 25.1 Å². The first-order valence-electron chi connectivity index (χ1n) is 9.06. The van der Waals surface area contributed by atoms with E-state index in [1.807, 2.05) is 36.9 Å². The van der Waals surface area contributed by atoms with E-state index in [1.54, 1.807) is 17.4 Å². The smallest absolute Gasteiger partial charge is 0.227 e. The zero-order valence-corrected chi connectivity index (χ0v) is 16.1. The first-order chi connectivity index (χ1) is 12.5. The second kappa shape index (κ2) is 8.29. The largest absolute Gasteiger partial charge is 0.340 e.